The Labute approximate surface area is 57.7 Å². The Bertz CT molecular complexity index is 8.85. The molecule has 0 nitrogen and oxygen atoms in total. The molecule has 0 heterocycles. The van der Waals surface area contributed by atoms with E-state index in [4.69, 9.17) is 0 Å². The molecule has 3 radical (unpaired) electrons. The van der Waals surface area contributed by atoms with Gasteiger partial charge in [0.2, 0.25) is 0 Å². The first-order valence-electron chi connectivity index (χ1n) is 1.50. The molecule has 0 spiro atoms. The van der Waals surface area contributed by atoms with Gasteiger partial charge in [0, 0.05) is 23.1 Å². The van der Waals surface area contributed by atoms with Crippen molar-refractivity contribution in [1.29, 1.82) is 0 Å². The van der Waals surface area contributed by atoms with Crippen LogP contribution >= 0.6 is 0 Å². The van der Waals surface area contributed by atoms with Crippen LogP contribution in [0.15, 0.2) is 0 Å². The fourth-order valence-corrected chi connectivity index (χ4v) is 0. The van der Waals surface area contributed by atoms with Crippen LogP contribution < -0.4 is 0 Å². The van der Waals surface area contributed by atoms with Crippen LogP contribution in [0, 0.1) is 0 Å². The fraction of sp³-hybridized carbons (Fsp3) is 1.00. The molecule has 0 aromatic carbocycles. The predicted octanol–water partition coefficient (Wildman–Crippen LogP) is 0.602. The molecule has 27 valence electrons. The van der Waals surface area contributed by atoms with Gasteiger partial charge in [0.25, 0.3) is 0 Å². The van der Waals surface area contributed by atoms with Crippen LogP contribution in [0.1, 0.15) is 13.3 Å². The first-order chi connectivity index (χ1) is 1.91. The third-order valence-electron chi connectivity index (χ3n) is 0.204. The van der Waals surface area contributed by atoms with E-state index < -0.39 is 0 Å². The summed E-state index contributed by atoms with van der Waals surface area (Å²) in [4.78, 5) is 0. The second kappa shape index (κ2) is 8.99. The Morgan fingerprint density at radius 1 is 1.60 bits per heavy atom. The molecule has 0 aromatic rings. The molecule has 2 heteroatoms. The van der Waals surface area contributed by atoms with Crippen molar-refractivity contribution in [2.24, 2.45) is 0 Å². The Hall–Kier alpha value is 1.29. The van der Waals surface area contributed by atoms with Gasteiger partial charge in [0.15, 0.2) is 0 Å². The van der Waals surface area contributed by atoms with Gasteiger partial charge in [-0.15, -0.1) is 0 Å². The molecule has 0 rings (SSSR count). The standard InChI is InChI=1S/C3H7Se.Mg/c1-2-3-4;/h2-3H2,1H3;. The number of rotatable bonds is 1. The summed E-state index contributed by atoms with van der Waals surface area (Å²) in [6, 6.07) is 0. The van der Waals surface area contributed by atoms with E-state index in [1.807, 2.05) is 0 Å². The van der Waals surface area contributed by atoms with Crippen LogP contribution in [0.25, 0.3) is 0 Å². The molecule has 0 N–H and O–H groups in total. The molecule has 0 amide bonds. The molecular weight excluding hydrogens is 139 g/mol. The monoisotopic (exact) mass is 147 g/mol. The zero-order chi connectivity index (χ0) is 3.41. The van der Waals surface area contributed by atoms with E-state index in [1.165, 1.54) is 11.7 Å². The summed E-state index contributed by atoms with van der Waals surface area (Å²) in [7, 11) is 0. The summed E-state index contributed by atoms with van der Waals surface area (Å²) in [5.74, 6) is 0. The summed E-state index contributed by atoms with van der Waals surface area (Å²) >= 11 is 2.89. The van der Waals surface area contributed by atoms with E-state index in [2.05, 4.69) is 22.9 Å². The van der Waals surface area contributed by atoms with Crippen molar-refractivity contribution in [3.8, 4) is 0 Å². The maximum Gasteiger partial charge on any atom is 0 e. The number of hydrogen-bond acceptors (Lipinski definition) is 0. The van der Waals surface area contributed by atoms with Gasteiger partial charge < -0.3 is 0 Å². The average Bonchev–Trinajstić information content (AvgIpc) is 1.37. The molecule has 0 unspecified atom stereocenters. The van der Waals surface area contributed by atoms with Crippen molar-refractivity contribution in [3.63, 3.8) is 0 Å². The molecule has 0 atom stereocenters. The fourth-order valence-electron chi connectivity index (χ4n) is 0. The second-order valence-corrected chi connectivity index (χ2v) is 1.56. The summed E-state index contributed by atoms with van der Waals surface area (Å²) in [5, 5.41) is 1.19. The first-order valence-corrected chi connectivity index (χ1v) is 2.71. The molecule has 0 saturated heterocycles. The predicted molar refractivity (Wildman–Crippen MR) is 26.6 cm³/mol. The van der Waals surface area contributed by atoms with Crippen LogP contribution in [-0.2, 0) is 0 Å². The van der Waals surface area contributed by atoms with Crippen LogP contribution in [0.2, 0.25) is 5.32 Å². The summed E-state index contributed by atoms with van der Waals surface area (Å²) < 4.78 is 0. The Balaban J connectivity index is 0. The Kier molecular flexibility index (Phi) is 17.2. The quantitative estimate of drug-likeness (QED) is 0.475. The van der Waals surface area contributed by atoms with Gasteiger partial charge in [-0.3, -0.25) is 0 Å². The molecule has 0 aliphatic carbocycles. The largest absolute Gasteiger partial charge is 0 e. The van der Waals surface area contributed by atoms with E-state index >= 15 is 0 Å². The van der Waals surface area contributed by atoms with Crippen LogP contribution in [-0.4, -0.2) is 39.1 Å². The van der Waals surface area contributed by atoms with Gasteiger partial charge in [-0.1, -0.05) is 0 Å². The minimum Gasteiger partial charge on any atom is 0 e. The second-order valence-electron chi connectivity index (χ2n) is 0.704. The van der Waals surface area contributed by atoms with Gasteiger partial charge >= 0.3 is 34.7 Å². The molecule has 0 aliphatic rings. The van der Waals surface area contributed by atoms with E-state index in [1.54, 1.807) is 0 Å². The zero-order valence-electron chi connectivity index (χ0n) is 3.53. The van der Waals surface area contributed by atoms with Crippen molar-refractivity contribution in [1.82, 2.24) is 0 Å². The van der Waals surface area contributed by atoms with Crippen LogP contribution in [0.3, 0.4) is 0 Å². The molecule has 0 aliphatic heterocycles. The first kappa shape index (κ1) is 9.56. The van der Waals surface area contributed by atoms with Gasteiger partial charge in [-0.2, -0.15) is 0 Å². The smallest absolute Gasteiger partial charge is 0 e. The summed E-state index contributed by atoms with van der Waals surface area (Å²) in [6.07, 6.45) is 1.26. The SMILES string of the molecule is CCC[Se].[Mg]. The minimum absolute atomic E-state index is 0. The van der Waals surface area contributed by atoms with E-state index in [0.717, 1.165) is 0 Å². The Morgan fingerprint density at radius 2 is 1.80 bits per heavy atom. The maximum absolute atomic E-state index is 2.89. The maximum atomic E-state index is 2.89. The topological polar surface area (TPSA) is 0 Å². The third-order valence-corrected chi connectivity index (χ3v) is 1.06. The minimum atomic E-state index is 0. The third kappa shape index (κ3) is 10.9. The molecule has 0 aromatic heterocycles. The van der Waals surface area contributed by atoms with Crippen molar-refractivity contribution in [2.45, 2.75) is 18.7 Å². The van der Waals surface area contributed by atoms with Crippen molar-refractivity contribution < 1.29 is 0 Å². The van der Waals surface area contributed by atoms with Crippen molar-refractivity contribution >= 4 is 39.1 Å². The van der Waals surface area contributed by atoms with Crippen LogP contribution in [0.5, 0.6) is 0 Å². The van der Waals surface area contributed by atoms with E-state index in [-0.39, 0.29) is 23.1 Å². The molecule has 0 saturated carbocycles. The average molecular weight is 146 g/mol. The molecule has 0 fully saturated rings. The van der Waals surface area contributed by atoms with Gasteiger partial charge in [0.05, 0.1) is 0 Å². The summed E-state index contributed by atoms with van der Waals surface area (Å²) in [5.41, 5.74) is 0. The number of hydrogen-bond donors (Lipinski definition) is 0. The molecular formula is C3H7MgSe. The van der Waals surface area contributed by atoms with Gasteiger partial charge in [-0.25, -0.2) is 0 Å². The normalized spacial score (nSPS) is 6.00. The Morgan fingerprint density at radius 3 is 1.80 bits per heavy atom. The molecule has 0 bridgehead atoms. The van der Waals surface area contributed by atoms with Gasteiger partial charge in [0.1, 0.15) is 0 Å². The van der Waals surface area contributed by atoms with E-state index in [0.29, 0.717) is 0 Å². The summed E-state index contributed by atoms with van der Waals surface area (Å²) in [6.45, 7) is 2.15. The van der Waals surface area contributed by atoms with E-state index in [9.17, 15) is 0 Å². The van der Waals surface area contributed by atoms with Crippen molar-refractivity contribution in [2.75, 3.05) is 0 Å². The van der Waals surface area contributed by atoms with Gasteiger partial charge in [-0.05, 0) is 0 Å². The zero-order valence-corrected chi connectivity index (χ0v) is 6.66. The molecule has 5 heavy (non-hydrogen) atoms. The van der Waals surface area contributed by atoms with Crippen LogP contribution in [0.4, 0.5) is 0 Å². The van der Waals surface area contributed by atoms with Crippen molar-refractivity contribution in [3.05, 3.63) is 0 Å².